The molecule has 3 heteroatoms. The van der Waals surface area contributed by atoms with E-state index in [1.54, 1.807) is 0 Å². The molecule has 0 amide bonds. The van der Waals surface area contributed by atoms with Crippen LogP contribution >= 0.6 is 0 Å². The first-order valence-corrected chi connectivity index (χ1v) is 5.32. The Kier molecular flexibility index (Phi) is 3.53. The van der Waals surface area contributed by atoms with Crippen molar-refractivity contribution in [3.05, 3.63) is 0 Å². The van der Waals surface area contributed by atoms with Crippen molar-refractivity contribution in [2.45, 2.75) is 33.6 Å². The molecular weight excluding hydrogens is 180 g/mol. The molecule has 1 aliphatic heterocycles. The summed E-state index contributed by atoms with van der Waals surface area (Å²) >= 11 is 0. The number of hydrogen-bond acceptors (Lipinski definition) is 2. The van der Waals surface area contributed by atoms with Crippen molar-refractivity contribution in [3.63, 3.8) is 0 Å². The fraction of sp³-hybridized carbons (Fsp3) is 0.909. The van der Waals surface area contributed by atoms with Crippen LogP contribution in [0.4, 0.5) is 0 Å². The van der Waals surface area contributed by atoms with Crippen LogP contribution in [-0.2, 0) is 9.53 Å². The van der Waals surface area contributed by atoms with Crippen molar-refractivity contribution in [2.75, 3.05) is 13.2 Å². The van der Waals surface area contributed by atoms with Gasteiger partial charge in [0.2, 0.25) is 0 Å². The summed E-state index contributed by atoms with van der Waals surface area (Å²) in [5, 5.41) is 9.35. The minimum absolute atomic E-state index is 0.212. The van der Waals surface area contributed by atoms with Crippen molar-refractivity contribution >= 4 is 5.97 Å². The molecule has 0 aromatic rings. The first kappa shape index (κ1) is 11.5. The molecule has 1 aliphatic rings. The smallest absolute Gasteiger partial charge is 0.310 e. The maximum atomic E-state index is 11.4. The summed E-state index contributed by atoms with van der Waals surface area (Å²) in [7, 11) is 0. The van der Waals surface area contributed by atoms with Gasteiger partial charge in [-0.05, 0) is 24.7 Å². The summed E-state index contributed by atoms with van der Waals surface area (Å²) in [5.41, 5.74) is -0.549. The van der Waals surface area contributed by atoms with Crippen LogP contribution in [0.25, 0.3) is 0 Å². The third-order valence-electron chi connectivity index (χ3n) is 3.68. The zero-order valence-corrected chi connectivity index (χ0v) is 9.25. The van der Waals surface area contributed by atoms with Gasteiger partial charge in [-0.2, -0.15) is 0 Å². The highest BCUT2D eigenvalue weighted by Crippen LogP contribution is 2.41. The zero-order valence-electron chi connectivity index (χ0n) is 9.25. The fourth-order valence-corrected chi connectivity index (χ4v) is 2.24. The second-order valence-electron chi connectivity index (χ2n) is 4.61. The molecule has 14 heavy (non-hydrogen) atoms. The van der Waals surface area contributed by atoms with Crippen LogP contribution < -0.4 is 0 Å². The average molecular weight is 200 g/mol. The molecule has 0 aromatic carbocycles. The summed E-state index contributed by atoms with van der Waals surface area (Å²) in [5.74, 6) is -0.0323. The number of carbonyl (C=O) groups is 1. The summed E-state index contributed by atoms with van der Waals surface area (Å²) in [6.45, 7) is 7.40. The fourth-order valence-electron chi connectivity index (χ4n) is 2.24. The predicted molar refractivity (Wildman–Crippen MR) is 54.1 cm³/mol. The molecule has 0 aromatic heterocycles. The molecule has 0 unspecified atom stereocenters. The summed E-state index contributed by atoms with van der Waals surface area (Å²) < 4.78 is 5.24. The average Bonchev–Trinajstić information content (AvgIpc) is 2.17. The summed E-state index contributed by atoms with van der Waals surface area (Å²) in [4.78, 5) is 11.4. The van der Waals surface area contributed by atoms with Crippen LogP contribution in [0.1, 0.15) is 33.6 Å². The Balaban J connectivity index is 2.85. The first-order chi connectivity index (χ1) is 6.50. The van der Waals surface area contributed by atoms with E-state index in [0.29, 0.717) is 32.0 Å². The van der Waals surface area contributed by atoms with Gasteiger partial charge in [0.25, 0.3) is 0 Å². The molecule has 1 rings (SSSR count). The minimum Gasteiger partial charge on any atom is -0.481 e. The van der Waals surface area contributed by atoms with Crippen molar-refractivity contribution in [2.24, 2.45) is 17.3 Å². The molecule has 3 nitrogen and oxygen atoms in total. The molecule has 1 heterocycles. The highest BCUT2D eigenvalue weighted by molar-refractivity contribution is 5.75. The number of carboxylic acid groups (broad SMARTS) is 1. The van der Waals surface area contributed by atoms with E-state index in [1.807, 2.05) is 6.92 Å². The van der Waals surface area contributed by atoms with Crippen LogP contribution in [0.15, 0.2) is 0 Å². The Morgan fingerprint density at radius 1 is 1.29 bits per heavy atom. The zero-order chi connectivity index (χ0) is 10.8. The number of carboxylic acids is 1. The van der Waals surface area contributed by atoms with Gasteiger partial charge >= 0.3 is 5.97 Å². The van der Waals surface area contributed by atoms with Crippen LogP contribution in [0, 0.1) is 17.3 Å². The van der Waals surface area contributed by atoms with Gasteiger partial charge in [0, 0.05) is 13.2 Å². The van der Waals surface area contributed by atoms with Gasteiger partial charge in [-0.15, -0.1) is 0 Å². The van der Waals surface area contributed by atoms with Gasteiger partial charge in [-0.1, -0.05) is 20.8 Å². The van der Waals surface area contributed by atoms with E-state index in [0.717, 1.165) is 0 Å². The largest absolute Gasteiger partial charge is 0.481 e. The molecule has 1 saturated heterocycles. The maximum absolute atomic E-state index is 11.4. The van der Waals surface area contributed by atoms with Crippen LogP contribution in [0.5, 0.6) is 0 Å². The van der Waals surface area contributed by atoms with Crippen molar-refractivity contribution in [1.82, 2.24) is 0 Å². The summed E-state index contributed by atoms with van der Waals surface area (Å²) in [6.07, 6.45) is 1.31. The lowest BCUT2D eigenvalue weighted by Crippen LogP contribution is -2.44. The molecule has 0 aliphatic carbocycles. The molecular formula is C11H20O3. The maximum Gasteiger partial charge on any atom is 0.310 e. The molecule has 82 valence electrons. The Bertz CT molecular complexity index is 205. The van der Waals surface area contributed by atoms with E-state index >= 15 is 0 Å². The molecule has 1 N–H and O–H groups in total. The lowest BCUT2D eigenvalue weighted by Gasteiger charge is -2.40. The highest BCUT2D eigenvalue weighted by atomic mass is 16.5. The molecule has 0 bridgehead atoms. The van der Waals surface area contributed by atoms with E-state index in [4.69, 9.17) is 4.74 Å². The van der Waals surface area contributed by atoms with Gasteiger partial charge in [0.05, 0.1) is 5.41 Å². The molecule has 1 atom stereocenters. The van der Waals surface area contributed by atoms with E-state index < -0.39 is 11.4 Å². The van der Waals surface area contributed by atoms with Gasteiger partial charge < -0.3 is 9.84 Å². The van der Waals surface area contributed by atoms with E-state index in [9.17, 15) is 9.90 Å². The SMILES string of the molecule is CC(C)[C@@H](C)C1(C(=O)O)CCOCC1. The topological polar surface area (TPSA) is 46.5 Å². The Labute approximate surface area is 85.5 Å². The second-order valence-corrected chi connectivity index (χ2v) is 4.61. The predicted octanol–water partition coefficient (Wildman–Crippen LogP) is 2.16. The van der Waals surface area contributed by atoms with E-state index in [-0.39, 0.29) is 5.92 Å². The quantitative estimate of drug-likeness (QED) is 0.759. The lowest BCUT2D eigenvalue weighted by atomic mass is 9.66. The first-order valence-electron chi connectivity index (χ1n) is 5.32. The van der Waals surface area contributed by atoms with Crippen molar-refractivity contribution in [3.8, 4) is 0 Å². The van der Waals surface area contributed by atoms with Crippen LogP contribution in [-0.4, -0.2) is 24.3 Å². The van der Waals surface area contributed by atoms with E-state index in [2.05, 4.69) is 13.8 Å². The molecule has 0 saturated carbocycles. The van der Waals surface area contributed by atoms with Gasteiger partial charge in [0.15, 0.2) is 0 Å². The van der Waals surface area contributed by atoms with Gasteiger partial charge in [-0.3, -0.25) is 4.79 Å². The van der Waals surface area contributed by atoms with Gasteiger partial charge in [-0.25, -0.2) is 0 Å². The molecule has 0 spiro atoms. The third kappa shape index (κ3) is 1.92. The van der Waals surface area contributed by atoms with Crippen molar-refractivity contribution < 1.29 is 14.6 Å². The highest BCUT2D eigenvalue weighted by Gasteiger charge is 2.45. The third-order valence-corrected chi connectivity index (χ3v) is 3.68. The number of aliphatic carboxylic acids is 1. The molecule has 1 fully saturated rings. The lowest BCUT2D eigenvalue weighted by molar-refractivity contribution is -0.161. The second kappa shape index (κ2) is 4.30. The number of hydrogen-bond donors (Lipinski definition) is 1. The Morgan fingerprint density at radius 2 is 1.79 bits per heavy atom. The molecule has 0 radical (unpaired) electrons. The van der Waals surface area contributed by atoms with Crippen LogP contribution in [0.2, 0.25) is 0 Å². The minimum atomic E-state index is -0.651. The number of rotatable bonds is 3. The summed E-state index contributed by atoms with van der Waals surface area (Å²) in [6, 6.07) is 0. The van der Waals surface area contributed by atoms with E-state index in [1.165, 1.54) is 0 Å². The Morgan fingerprint density at radius 3 is 2.14 bits per heavy atom. The van der Waals surface area contributed by atoms with Crippen LogP contribution in [0.3, 0.4) is 0 Å². The Hall–Kier alpha value is -0.570. The van der Waals surface area contributed by atoms with Crippen molar-refractivity contribution in [1.29, 1.82) is 0 Å². The number of ether oxygens (including phenoxy) is 1. The normalized spacial score (nSPS) is 23.4. The monoisotopic (exact) mass is 200 g/mol. The standard InChI is InChI=1S/C11H20O3/c1-8(2)9(3)11(10(12)13)4-6-14-7-5-11/h8-9H,4-7H2,1-3H3,(H,12,13)/t9-/m1/s1. The van der Waals surface area contributed by atoms with Gasteiger partial charge in [0.1, 0.15) is 0 Å².